The molecule has 1 atom stereocenters. The van der Waals surface area contributed by atoms with Crippen LogP contribution in [-0.2, 0) is 0 Å². The highest BCUT2D eigenvalue weighted by atomic mass is 28.3. The molecule has 6 nitrogen and oxygen atoms in total. The van der Waals surface area contributed by atoms with Crippen molar-refractivity contribution in [3.8, 4) is 11.5 Å². The van der Waals surface area contributed by atoms with Crippen LogP contribution in [0.2, 0.25) is 19.6 Å². The van der Waals surface area contributed by atoms with E-state index >= 15 is 0 Å². The van der Waals surface area contributed by atoms with Crippen LogP contribution in [0, 0.1) is 11.5 Å². The third-order valence-corrected chi connectivity index (χ3v) is 5.91. The summed E-state index contributed by atoms with van der Waals surface area (Å²) >= 11 is 0. The molecule has 7 heteroatoms. The second kappa shape index (κ2) is 7.28. The van der Waals surface area contributed by atoms with Crippen molar-refractivity contribution in [3.63, 3.8) is 0 Å². The summed E-state index contributed by atoms with van der Waals surface area (Å²) in [6.07, 6.45) is 6.51. The standard InChI is InChI=1S/C21H26N6Si/c1-26(19-6-5-16(13-23-19)9-12-28(2,3)4)17-8-11-27(14-17)21-18-7-10-22-20(18)24-15-25-21/h5-7,10,13,15,17H,8,11,14H2,1-4H3,(H,22,24,25). The topological polar surface area (TPSA) is 60.9 Å². The third-order valence-electron chi connectivity index (χ3n) is 5.03. The Balaban J connectivity index is 1.46. The minimum absolute atomic E-state index is 0.398. The lowest BCUT2D eigenvalue weighted by atomic mass is 10.2. The van der Waals surface area contributed by atoms with Crippen molar-refractivity contribution >= 4 is 30.7 Å². The maximum absolute atomic E-state index is 4.65. The van der Waals surface area contributed by atoms with Gasteiger partial charge in [0.25, 0.3) is 0 Å². The Bertz CT molecular complexity index is 1020. The molecule has 1 aliphatic heterocycles. The van der Waals surface area contributed by atoms with E-state index in [2.05, 4.69) is 80.0 Å². The molecule has 3 aromatic heterocycles. The lowest BCUT2D eigenvalue weighted by molar-refractivity contribution is 0.684. The van der Waals surface area contributed by atoms with Crippen molar-refractivity contribution in [2.75, 3.05) is 29.9 Å². The molecule has 0 saturated carbocycles. The number of aromatic amines is 1. The van der Waals surface area contributed by atoms with E-state index in [-0.39, 0.29) is 0 Å². The number of anilines is 2. The van der Waals surface area contributed by atoms with Gasteiger partial charge in [-0.15, -0.1) is 5.54 Å². The van der Waals surface area contributed by atoms with Crippen LogP contribution in [-0.4, -0.2) is 54.2 Å². The van der Waals surface area contributed by atoms with E-state index < -0.39 is 8.07 Å². The van der Waals surface area contributed by atoms with Gasteiger partial charge < -0.3 is 14.8 Å². The molecule has 0 spiro atoms. The van der Waals surface area contributed by atoms with Gasteiger partial charge in [-0.05, 0) is 24.6 Å². The first-order valence-electron chi connectivity index (χ1n) is 9.66. The molecular formula is C21H26N6Si. The van der Waals surface area contributed by atoms with Crippen LogP contribution in [0.3, 0.4) is 0 Å². The Kier molecular flexibility index (Phi) is 4.81. The zero-order valence-corrected chi connectivity index (χ0v) is 17.9. The van der Waals surface area contributed by atoms with Crippen molar-refractivity contribution in [1.29, 1.82) is 0 Å². The molecule has 0 aromatic carbocycles. The fourth-order valence-electron chi connectivity index (χ4n) is 3.48. The van der Waals surface area contributed by atoms with Crippen LogP contribution in [0.5, 0.6) is 0 Å². The van der Waals surface area contributed by atoms with E-state index in [0.29, 0.717) is 6.04 Å². The number of hydrogen-bond acceptors (Lipinski definition) is 5. The Morgan fingerprint density at radius 1 is 1.18 bits per heavy atom. The highest BCUT2D eigenvalue weighted by molar-refractivity contribution is 6.83. The van der Waals surface area contributed by atoms with Crippen molar-refractivity contribution in [2.24, 2.45) is 0 Å². The lowest BCUT2D eigenvalue weighted by Gasteiger charge is -2.26. The van der Waals surface area contributed by atoms with Gasteiger partial charge in [0.15, 0.2) is 0 Å². The SMILES string of the molecule is CN(c1ccc(C#C[Si](C)(C)C)cn1)C1CCN(c2ncnc3[nH]ccc23)C1. The number of H-pyrrole nitrogens is 1. The molecule has 0 bridgehead atoms. The Labute approximate surface area is 167 Å². The highest BCUT2D eigenvalue weighted by Crippen LogP contribution is 2.28. The summed E-state index contributed by atoms with van der Waals surface area (Å²) in [7, 11) is 0.752. The Morgan fingerprint density at radius 2 is 2.04 bits per heavy atom. The van der Waals surface area contributed by atoms with Crippen LogP contribution in [0.25, 0.3) is 11.0 Å². The minimum atomic E-state index is -1.37. The van der Waals surface area contributed by atoms with Crippen LogP contribution < -0.4 is 9.80 Å². The molecule has 1 aliphatic rings. The van der Waals surface area contributed by atoms with E-state index in [1.165, 1.54) is 0 Å². The van der Waals surface area contributed by atoms with E-state index in [9.17, 15) is 0 Å². The molecule has 4 heterocycles. The van der Waals surface area contributed by atoms with Gasteiger partial charge >= 0.3 is 0 Å². The third kappa shape index (κ3) is 3.87. The monoisotopic (exact) mass is 390 g/mol. The van der Waals surface area contributed by atoms with E-state index in [0.717, 1.165) is 47.7 Å². The predicted molar refractivity (Wildman–Crippen MR) is 117 cm³/mol. The molecule has 0 amide bonds. The molecule has 1 N–H and O–H groups in total. The number of aromatic nitrogens is 4. The largest absolute Gasteiger partial charge is 0.355 e. The number of pyridine rings is 1. The maximum Gasteiger partial charge on any atom is 0.142 e. The van der Waals surface area contributed by atoms with Gasteiger partial charge in [-0.2, -0.15) is 0 Å². The Morgan fingerprint density at radius 3 is 2.79 bits per heavy atom. The molecule has 0 radical (unpaired) electrons. The average molecular weight is 391 g/mol. The van der Waals surface area contributed by atoms with Crippen molar-refractivity contribution in [2.45, 2.75) is 32.1 Å². The van der Waals surface area contributed by atoms with Crippen LogP contribution >= 0.6 is 0 Å². The number of hydrogen-bond donors (Lipinski definition) is 1. The summed E-state index contributed by atoms with van der Waals surface area (Å²) in [4.78, 5) is 21.2. The molecule has 1 saturated heterocycles. The van der Waals surface area contributed by atoms with Crippen LogP contribution in [0.1, 0.15) is 12.0 Å². The molecule has 1 fully saturated rings. The second-order valence-electron chi connectivity index (χ2n) is 8.34. The average Bonchev–Trinajstić information content (AvgIpc) is 3.35. The van der Waals surface area contributed by atoms with Gasteiger partial charge in [0, 0.05) is 44.1 Å². The highest BCUT2D eigenvalue weighted by Gasteiger charge is 2.28. The quantitative estimate of drug-likeness (QED) is 0.549. The van der Waals surface area contributed by atoms with Crippen molar-refractivity contribution in [1.82, 2.24) is 19.9 Å². The molecule has 1 unspecified atom stereocenters. The summed E-state index contributed by atoms with van der Waals surface area (Å²) in [5, 5.41) is 1.08. The first kappa shape index (κ1) is 18.5. The molecule has 144 valence electrons. The van der Waals surface area contributed by atoms with Gasteiger partial charge in [-0.3, -0.25) is 0 Å². The number of rotatable bonds is 3. The predicted octanol–water partition coefficient (Wildman–Crippen LogP) is 3.30. The summed E-state index contributed by atoms with van der Waals surface area (Å²) in [5.74, 6) is 5.26. The second-order valence-corrected chi connectivity index (χ2v) is 13.1. The van der Waals surface area contributed by atoms with Gasteiger partial charge in [-0.25, -0.2) is 15.0 Å². The smallest absolute Gasteiger partial charge is 0.142 e. The zero-order valence-electron chi connectivity index (χ0n) is 16.9. The first-order valence-corrected chi connectivity index (χ1v) is 13.2. The molecule has 0 aliphatic carbocycles. The molecule has 4 rings (SSSR count). The van der Waals surface area contributed by atoms with Crippen molar-refractivity contribution < 1.29 is 0 Å². The zero-order chi connectivity index (χ0) is 19.7. The van der Waals surface area contributed by atoms with E-state index in [4.69, 9.17) is 0 Å². The minimum Gasteiger partial charge on any atom is -0.355 e. The van der Waals surface area contributed by atoms with Crippen LogP contribution in [0.4, 0.5) is 11.6 Å². The fraction of sp³-hybridized carbons (Fsp3) is 0.381. The number of likely N-dealkylation sites (N-methyl/N-ethyl adjacent to an activating group) is 1. The molecule has 3 aromatic rings. The number of nitrogens with one attached hydrogen (secondary N) is 1. The molecular weight excluding hydrogens is 364 g/mol. The van der Waals surface area contributed by atoms with E-state index in [1.54, 1.807) is 6.33 Å². The Hall–Kier alpha value is -2.85. The van der Waals surface area contributed by atoms with Crippen LogP contribution in [0.15, 0.2) is 36.9 Å². The van der Waals surface area contributed by atoms with Gasteiger partial charge in [-0.1, -0.05) is 25.6 Å². The fourth-order valence-corrected chi connectivity index (χ4v) is 4.00. The first-order chi connectivity index (χ1) is 13.4. The maximum atomic E-state index is 4.65. The summed E-state index contributed by atoms with van der Waals surface area (Å²) in [6.45, 7) is 8.65. The summed E-state index contributed by atoms with van der Waals surface area (Å²) in [5.41, 5.74) is 5.27. The van der Waals surface area contributed by atoms with Gasteiger partial charge in [0.1, 0.15) is 31.7 Å². The lowest BCUT2D eigenvalue weighted by Crippen LogP contribution is -2.35. The summed E-state index contributed by atoms with van der Waals surface area (Å²) < 4.78 is 0. The number of nitrogens with zero attached hydrogens (tertiary/aromatic N) is 5. The van der Waals surface area contributed by atoms with Crippen molar-refractivity contribution in [3.05, 3.63) is 42.5 Å². The molecule has 28 heavy (non-hydrogen) atoms. The normalized spacial score (nSPS) is 16.9. The van der Waals surface area contributed by atoms with E-state index in [1.807, 2.05) is 18.5 Å². The summed E-state index contributed by atoms with van der Waals surface area (Å²) in [6, 6.07) is 6.59. The number of fused-ring (bicyclic) bond motifs is 1. The van der Waals surface area contributed by atoms with Gasteiger partial charge in [0.05, 0.1) is 5.39 Å². The van der Waals surface area contributed by atoms with Gasteiger partial charge in [0.2, 0.25) is 0 Å².